The zero-order valence-electron chi connectivity index (χ0n) is 12.7. The van der Waals surface area contributed by atoms with Gasteiger partial charge in [-0.25, -0.2) is 4.98 Å². The zero-order valence-corrected chi connectivity index (χ0v) is 13.5. The molecule has 0 saturated heterocycles. The number of rotatable bonds is 3. The summed E-state index contributed by atoms with van der Waals surface area (Å²) in [5, 5.41) is 9.40. The van der Waals surface area contributed by atoms with Gasteiger partial charge in [-0.3, -0.25) is 9.78 Å². The average Bonchev–Trinajstić information content (AvgIpc) is 3.25. The Balaban J connectivity index is 1.83. The molecule has 0 unspecified atom stereocenters. The highest BCUT2D eigenvalue weighted by atomic mass is 32.1. The van der Waals surface area contributed by atoms with Crippen LogP contribution >= 0.6 is 11.3 Å². The molecular formula is C17H12N4O2S. The van der Waals surface area contributed by atoms with Gasteiger partial charge in [-0.15, -0.1) is 11.3 Å². The SMILES string of the molecule is Cc1noc2nc(-c3cccs3)cc(C(=O)Nc3ccncc3)c12. The highest BCUT2D eigenvalue weighted by molar-refractivity contribution is 7.13. The molecule has 118 valence electrons. The number of thiophene rings is 1. The van der Waals surface area contributed by atoms with Crippen LogP contribution in [-0.2, 0) is 0 Å². The third kappa shape index (κ3) is 2.55. The number of nitrogens with one attached hydrogen (secondary N) is 1. The molecule has 0 bridgehead atoms. The number of carbonyl (C=O) groups is 1. The highest BCUT2D eigenvalue weighted by Gasteiger charge is 2.19. The lowest BCUT2D eigenvalue weighted by Gasteiger charge is -2.07. The number of amides is 1. The van der Waals surface area contributed by atoms with Crippen LogP contribution in [-0.4, -0.2) is 21.0 Å². The fourth-order valence-corrected chi connectivity index (χ4v) is 3.14. The maximum Gasteiger partial charge on any atom is 0.259 e. The van der Waals surface area contributed by atoms with E-state index in [1.54, 1.807) is 48.9 Å². The number of aromatic nitrogens is 3. The predicted octanol–water partition coefficient (Wildman–Crippen LogP) is 3.91. The first-order valence-corrected chi connectivity index (χ1v) is 8.12. The third-order valence-electron chi connectivity index (χ3n) is 3.57. The van der Waals surface area contributed by atoms with E-state index < -0.39 is 0 Å². The number of nitrogens with zero attached hydrogens (tertiary/aromatic N) is 3. The topological polar surface area (TPSA) is 80.9 Å². The van der Waals surface area contributed by atoms with Crippen LogP contribution in [0.4, 0.5) is 5.69 Å². The van der Waals surface area contributed by atoms with Crippen LogP contribution in [0.25, 0.3) is 21.7 Å². The predicted molar refractivity (Wildman–Crippen MR) is 92.0 cm³/mol. The van der Waals surface area contributed by atoms with Crippen molar-refractivity contribution in [3.8, 4) is 10.6 Å². The van der Waals surface area contributed by atoms with Crippen LogP contribution in [0.5, 0.6) is 0 Å². The monoisotopic (exact) mass is 336 g/mol. The Kier molecular flexibility index (Phi) is 3.55. The van der Waals surface area contributed by atoms with Crippen molar-refractivity contribution in [3.63, 3.8) is 0 Å². The van der Waals surface area contributed by atoms with Crippen LogP contribution in [0.1, 0.15) is 16.1 Å². The van der Waals surface area contributed by atoms with Crippen molar-refractivity contribution in [1.29, 1.82) is 0 Å². The van der Waals surface area contributed by atoms with Gasteiger partial charge in [0.05, 0.1) is 27.2 Å². The minimum absolute atomic E-state index is 0.238. The summed E-state index contributed by atoms with van der Waals surface area (Å²) in [6.45, 7) is 1.79. The second-order valence-electron chi connectivity index (χ2n) is 5.17. The molecule has 0 aromatic carbocycles. The van der Waals surface area contributed by atoms with Crippen molar-refractivity contribution >= 4 is 34.0 Å². The van der Waals surface area contributed by atoms with Crippen molar-refractivity contribution in [1.82, 2.24) is 15.1 Å². The molecule has 0 aliphatic carbocycles. The summed E-state index contributed by atoms with van der Waals surface area (Å²) in [7, 11) is 0. The summed E-state index contributed by atoms with van der Waals surface area (Å²) in [5.41, 5.74) is 2.84. The molecule has 6 nitrogen and oxygen atoms in total. The van der Waals surface area contributed by atoms with Gasteiger partial charge in [0.25, 0.3) is 11.6 Å². The minimum Gasteiger partial charge on any atom is -0.335 e. The Labute approximate surface area is 141 Å². The average molecular weight is 336 g/mol. The number of fused-ring (bicyclic) bond motifs is 1. The van der Waals surface area contributed by atoms with Gasteiger partial charge in [-0.05, 0) is 36.6 Å². The summed E-state index contributed by atoms with van der Waals surface area (Å²) in [5.74, 6) is -0.238. The van der Waals surface area contributed by atoms with E-state index in [2.05, 4.69) is 20.4 Å². The Hall–Kier alpha value is -3.06. The Morgan fingerprint density at radius 3 is 2.83 bits per heavy atom. The first-order chi connectivity index (χ1) is 11.7. The maximum absolute atomic E-state index is 12.8. The molecule has 0 atom stereocenters. The number of hydrogen-bond acceptors (Lipinski definition) is 6. The molecule has 4 heterocycles. The molecule has 0 aliphatic heterocycles. The summed E-state index contributed by atoms with van der Waals surface area (Å²) < 4.78 is 5.28. The zero-order chi connectivity index (χ0) is 16.5. The van der Waals surface area contributed by atoms with Crippen LogP contribution in [0.15, 0.2) is 52.6 Å². The molecule has 0 radical (unpaired) electrons. The van der Waals surface area contributed by atoms with E-state index >= 15 is 0 Å². The van der Waals surface area contributed by atoms with Crippen LogP contribution in [0.2, 0.25) is 0 Å². The van der Waals surface area contributed by atoms with Crippen molar-refractivity contribution in [3.05, 3.63) is 59.4 Å². The molecular weight excluding hydrogens is 324 g/mol. The van der Waals surface area contributed by atoms with E-state index in [1.807, 2.05) is 17.5 Å². The van der Waals surface area contributed by atoms with Gasteiger partial charge in [-0.1, -0.05) is 11.2 Å². The smallest absolute Gasteiger partial charge is 0.259 e. The van der Waals surface area contributed by atoms with Crippen molar-refractivity contribution < 1.29 is 9.32 Å². The Bertz CT molecular complexity index is 1010. The molecule has 0 spiro atoms. The fraction of sp³-hybridized carbons (Fsp3) is 0.0588. The number of pyridine rings is 2. The van der Waals surface area contributed by atoms with Gasteiger partial charge in [0.2, 0.25) is 0 Å². The number of anilines is 1. The van der Waals surface area contributed by atoms with E-state index in [1.165, 1.54) is 0 Å². The van der Waals surface area contributed by atoms with Crippen LogP contribution in [0, 0.1) is 6.92 Å². The molecule has 0 saturated carbocycles. The molecule has 0 aliphatic rings. The Morgan fingerprint density at radius 1 is 1.25 bits per heavy atom. The third-order valence-corrected chi connectivity index (χ3v) is 4.47. The van der Waals surface area contributed by atoms with Crippen molar-refractivity contribution in [2.24, 2.45) is 0 Å². The van der Waals surface area contributed by atoms with E-state index in [9.17, 15) is 4.79 Å². The highest BCUT2D eigenvalue weighted by Crippen LogP contribution is 2.29. The summed E-state index contributed by atoms with van der Waals surface area (Å²) >= 11 is 1.55. The minimum atomic E-state index is -0.238. The van der Waals surface area contributed by atoms with E-state index in [0.29, 0.717) is 33.7 Å². The second-order valence-corrected chi connectivity index (χ2v) is 6.12. The molecule has 4 aromatic heterocycles. The maximum atomic E-state index is 12.8. The quantitative estimate of drug-likeness (QED) is 0.613. The van der Waals surface area contributed by atoms with Gasteiger partial charge >= 0.3 is 0 Å². The second kappa shape index (κ2) is 5.86. The van der Waals surface area contributed by atoms with Crippen molar-refractivity contribution in [2.75, 3.05) is 5.32 Å². The van der Waals surface area contributed by atoms with Crippen molar-refractivity contribution in [2.45, 2.75) is 6.92 Å². The molecule has 1 N–H and O–H groups in total. The lowest BCUT2D eigenvalue weighted by atomic mass is 10.1. The first kappa shape index (κ1) is 14.5. The molecule has 4 aromatic rings. The van der Waals surface area contributed by atoms with E-state index in [4.69, 9.17) is 4.52 Å². The number of aryl methyl sites for hydroxylation is 1. The lowest BCUT2D eigenvalue weighted by Crippen LogP contribution is -2.13. The number of carbonyl (C=O) groups excluding carboxylic acids is 1. The molecule has 0 fully saturated rings. The Morgan fingerprint density at radius 2 is 2.08 bits per heavy atom. The molecule has 1 amide bonds. The first-order valence-electron chi connectivity index (χ1n) is 7.24. The molecule has 7 heteroatoms. The largest absolute Gasteiger partial charge is 0.335 e. The normalized spacial score (nSPS) is 10.9. The lowest BCUT2D eigenvalue weighted by molar-refractivity contribution is 0.102. The summed E-state index contributed by atoms with van der Waals surface area (Å²) in [6, 6.07) is 9.13. The fourth-order valence-electron chi connectivity index (χ4n) is 2.46. The standard InChI is InChI=1S/C17H12N4O2S/c1-10-15-12(16(22)19-11-4-6-18-7-5-11)9-13(14-3-2-8-24-14)20-17(15)23-21-10/h2-9H,1H3,(H,18,19,22). The van der Waals surface area contributed by atoms with Gasteiger partial charge in [-0.2, -0.15) is 0 Å². The van der Waals surface area contributed by atoms with Gasteiger partial charge < -0.3 is 9.84 Å². The van der Waals surface area contributed by atoms with Gasteiger partial charge in [0.15, 0.2) is 0 Å². The molecule has 24 heavy (non-hydrogen) atoms. The molecule has 4 rings (SSSR count). The summed E-state index contributed by atoms with van der Waals surface area (Å²) in [4.78, 5) is 22.2. The van der Waals surface area contributed by atoms with Gasteiger partial charge in [0.1, 0.15) is 0 Å². The summed E-state index contributed by atoms with van der Waals surface area (Å²) in [6.07, 6.45) is 3.25. The van der Waals surface area contributed by atoms with Gasteiger partial charge in [0, 0.05) is 18.1 Å². The van der Waals surface area contributed by atoms with Crippen LogP contribution < -0.4 is 5.32 Å². The number of hydrogen-bond donors (Lipinski definition) is 1. The van der Waals surface area contributed by atoms with Crippen LogP contribution in [0.3, 0.4) is 0 Å². The van der Waals surface area contributed by atoms with E-state index in [-0.39, 0.29) is 5.91 Å². The van der Waals surface area contributed by atoms with E-state index in [0.717, 1.165) is 4.88 Å².